The molecule has 0 atom stereocenters. The van der Waals surface area contributed by atoms with E-state index in [9.17, 15) is 13.6 Å². The summed E-state index contributed by atoms with van der Waals surface area (Å²) < 4.78 is 36.0. The van der Waals surface area contributed by atoms with Crippen molar-refractivity contribution in [3.8, 4) is 28.2 Å². The number of carbonyl (C=O) groups excluding carboxylic acids is 1. The maximum Gasteiger partial charge on any atom is 0.413 e. The van der Waals surface area contributed by atoms with Crippen LogP contribution in [0.25, 0.3) is 33.8 Å². The number of nitrogens with one attached hydrogen (secondary N) is 1. The molecular weight excluding hydrogens is 470 g/mol. The second kappa shape index (κ2) is 8.80. The molecule has 12 heteroatoms. The van der Waals surface area contributed by atoms with Crippen molar-refractivity contribution >= 4 is 17.6 Å². The first-order valence-corrected chi connectivity index (χ1v) is 10.9. The number of halogens is 2. The number of anilines is 1. The molecule has 0 fully saturated rings. The quantitative estimate of drug-likeness (QED) is 0.390. The average Bonchev–Trinajstić information content (AvgIpc) is 3.46. The van der Waals surface area contributed by atoms with Crippen molar-refractivity contribution in [3.05, 3.63) is 72.8 Å². The number of hydrogen-bond donors (Lipinski definition) is 1. The highest BCUT2D eigenvalue weighted by molar-refractivity contribution is 5.86. The zero-order chi connectivity index (χ0) is 25.4. The van der Waals surface area contributed by atoms with Crippen LogP contribution < -0.4 is 5.32 Å². The summed E-state index contributed by atoms with van der Waals surface area (Å²) in [4.78, 5) is 16.4. The fourth-order valence-electron chi connectivity index (χ4n) is 3.47. The van der Waals surface area contributed by atoms with Crippen molar-refractivity contribution in [1.29, 1.82) is 0 Å². The van der Waals surface area contributed by atoms with Crippen molar-refractivity contribution in [2.24, 2.45) is 0 Å². The van der Waals surface area contributed by atoms with Gasteiger partial charge in [-0.3, -0.25) is 5.32 Å². The van der Waals surface area contributed by atoms with Gasteiger partial charge >= 0.3 is 6.09 Å². The molecular formula is C24H20F2N8O2. The van der Waals surface area contributed by atoms with Crippen LogP contribution >= 0.6 is 0 Å². The zero-order valence-corrected chi connectivity index (χ0v) is 19.5. The maximum atomic E-state index is 14.1. The molecule has 5 rings (SSSR count). The van der Waals surface area contributed by atoms with Crippen molar-refractivity contribution in [2.45, 2.75) is 26.4 Å². The van der Waals surface area contributed by atoms with Gasteiger partial charge in [0.15, 0.2) is 23.1 Å². The molecule has 0 saturated carbocycles. The molecule has 0 spiro atoms. The number of carbonyl (C=O) groups is 1. The summed E-state index contributed by atoms with van der Waals surface area (Å²) in [7, 11) is 0. The molecule has 1 N–H and O–H groups in total. The summed E-state index contributed by atoms with van der Waals surface area (Å²) in [5.74, 6) is -1.28. The number of pyridine rings is 1. The van der Waals surface area contributed by atoms with Gasteiger partial charge in [0, 0.05) is 23.5 Å². The Labute approximate surface area is 203 Å². The van der Waals surface area contributed by atoms with Crippen LogP contribution in [-0.4, -0.2) is 46.3 Å². The Morgan fingerprint density at radius 2 is 1.83 bits per heavy atom. The number of hydrogen-bond acceptors (Lipinski definition) is 7. The Balaban J connectivity index is 1.59. The maximum absolute atomic E-state index is 14.1. The number of amides is 1. The lowest BCUT2D eigenvalue weighted by Gasteiger charge is -2.19. The molecule has 0 unspecified atom stereocenters. The van der Waals surface area contributed by atoms with Gasteiger partial charge < -0.3 is 4.74 Å². The highest BCUT2D eigenvalue weighted by atomic mass is 19.2. The van der Waals surface area contributed by atoms with Crippen LogP contribution in [0.2, 0.25) is 0 Å². The smallest absolute Gasteiger partial charge is 0.413 e. The predicted molar refractivity (Wildman–Crippen MR) is 126 cm³/mol. The molecule has 0 bridgehead atoms. The highest BCUT2D eigenvalue weighted by Crippen LogP contribution is 2.33. The lowest BCUT2D eigenvalue weighted by Crippen LogP contribution is -2.27. The Morgan fingerprint density at radius 1 is 1.00 bits per heavy atom. The summed E-state index contributed by atoms with van der Waals surface area (Å²) in [6.45, 7) is 5.26. The van der Waals surface area contributed by atoms with Crippen LogP contribution in [0.4, 0.5) is 19.4 Å². The van der Waals surface area contributed by atoms with E-state index < -0.39 is 23.3 Å². The predicted octanol–water partition coefficient (Wildman–Crippen LogP) is 4.66. The van der Waals surface area contributed by atoms with Crippen molar-refractivity contribution in [3.63, 3.8) is 0 Å². The van der Waals surface area contributed by atoms with Crippen LogP contribution in [-0.2, 0) is 4.74 Å². The molecule has 1 amide bonds. The molecule has 4 aromatic heterocycles. The van der Waals surface area contributed by atoms with Crippen molar-refractivity contribution in [1.82, 2.24) is 34.6 Å². The van der Waals surface area contributed by atoms with Crippen molar-refractivity contribution in [2.75, 3.05) is 5.32 Å². The summed E-state index contributed by atoms with van der Waals surface area (Å²) in [6.07, 6.45) is 4.00. The number of aromatic nitrogens is 7. The first-order valence-electron chi connectivity index (χ1n) is 10.9. The second-order valence-electron chi connectivity index (χ2n) is 8.85. The molecule has 1 aromatic carbocycles. The minimum absolute atomic E-state index is 0.245. The summed E-state index contributed by atoms with van der Waals surface area (Å²) in [5, 5.41) is 19.4. The van der Waals surface area contributed by atoms with Gasteiger partial charge in [-0.1, -0.05) is 0 Å². The average molecular weight is 490 g/mol. The normalized spacial score (nSPS) is 11.6. The molecule has 0 saturated heterocycles. The summed E-state index contributed by atoms with van der Waals surface area (Å²) in [5.41, 5.74) is 1.79. The van der Waals surface area contributed by atoms with E-state index in [0.29, 0.717) is 33.8 Å². The molecule has 0 aliphatic rings. The molecule has 10 nitrogen and oxygen atoms in total. The van der Waals surface area contributed by atoms with Crippen LogP contribution in [0.3, 0.4) is 0 Å². The highest BCUT2D eigenvalue weighted by Gasteiger charge is 2.19. The van der Waals surface area contributed by atoms with Crippen LogP contribution in [0.5, 0.6) is 0 Å². The number of benzene rings is 1. The Kier molecular flexibility index (Phi) is 5.63. The SMILES string of the molecule is CC(C)(C)OC(=O)Nc1cc(-c2cn(-c3ccc4nncn4n3)nc2-c2ccc(F)c(F)c2)ccn1. The van der Waals surface area contributed by atoms with Gasteiger partial charge in [-0.25, -0.2) is 23.2 Å². The number of fused-ring (bicyclic) bond motifs is 1. The van der Waals surface area contributed by atoms with Gasteiger partial charge in [-0.2, -0.15) is 9.61 Å². The summed E-state index contributed by atoms with van der Waals surface area (Å²) in [6, 6.07) is 10.3. The first kappa shape index (κ1) is 23.0. The van der Waals surface area contributed by atoms with E-state index in [1.807, 2.05) is 0 Å². The van der Waals surface area contributed by atoms with Gasteiger partial charge in [0.05, 0.1) is 0 Å². The van der Waals surface area contributed by atoms with E-state index in [1.165, 1.54) is 27.8 Å². The summed E-state index contributed by atoms with van der Waals surface area (Å²) >= 11 is 0. The van der Waals surface area contributed by atoms with E-state index in [0.717, 1.165) is 12.1 Å². The molecule has 5 aromatic rings. The third-order valence-corrected chi connectivity index (χ3v) is 4.99. The second-order valence-corrected chi connectivity index (χ2v) is 8.85. The van der Waals surface area contributed by atoms with Gasteiger partial charge in [-0.15, -0.1) is 15.3 Å². The van der Waals surface area contributed by atoms with E-state index >= 15 is 0 Å². The fourth-order valence-corrected chi connectivity index (χ4v) is 3.47. The monoisotopic (exact) mass is 490 g/mol. The number of rotatable bonds is 4. The van der Waals surface area contributed by atoms with Crippen LogP contribution in [0.1, 0.15) is 20.8 Å². The molecule has 182 valence electrons. The van der Waals surface area contributed by atoms with E-state index in [-0.39, 0.29) is 5.82 Å². The lowest BCUT2D eigenvalue weighted by molar-refractivity contribution is 0.0635. The number of nitrogens with zero attached hydrogens (tertiary/aromatic N) is 7. The zero-order valence-electron chi connectivity index (χ0n) is 19.5. The van der Waals surface area contributed by atoms with E-state index in [2.05, 4.69) is 30.7 Å². The topological polar surface area (TPSA) is 112 Å². The lowest BCUT2D eigenvalue weighted by atomic mass is 10.0. The van der Waals surface area contributed by atoms with Gasteiger partial charge in [0.2, 0.25) is 0 Å². The van der Waals surface area contributed by atoms with Gasteiger partial charge in [0.25, 0.3) is 0 Å². The Hall–Kier alpha value is -4.74. The largest absolute Gasteiger partial charge is 0.444 e. The van der Waals surface area contributed by atoms with E-state index in [4.69, 9.17) is 4.74 Å². The first-order chi connectivity index (χ1) is 17.2. The van der Waals surface area contributed by atoms with Gasteiger partial charge in [0.1, 0.15) is 23.4 Å². The molecule has 4 heterocycles. The molecule has 36 heavy (non-hydrogen) atoms. The third kappa shape index (κ3) is 4.73. The number of ether oxygens (including phenoxy) is 1. The third-order valence-electron chi connectivity index (χ3n) is 4.99. The fraction of sp³-hybridized carbons (Fsp3) is 0.167. The molecule has 0 radical (unpaired) electrons. The Bertz CT molecular complexity index is 1590. The Morgan fingerprint density at radius 3 is 2.61 bits per heavy atom. The van der Waals surface area contributed by atoms with Crippen LogP contribution in [0, 0.1) is 11.6 Å². The minimum Gasteiger partial charge on any atom is -0.444 e. The van der Waals surface area contributed by atoms with E-state index in [1.54, 1.807) is 51.2 Å². The van der Waals surface area contributed by atoms with Gasteiger partial charge in [-0.05, 0) is 68.8 Å². The minimum atomic E-state index is -1.00. The molecule has 0 aliphatic heterocycles. The van der Waals surface area contributed by atoms with Crippen molar-refractivity contribution < 1.29 is 18.3 Å². The van der Waals surface area contributed by atoms with Crippen LogP contribution in [0.15, 0.2) is 61.2 Å². The molecule has 0 aliphatic carbocycles. The standard InChI is InChI=1S/C24H20F2N8O2/c1-24(2,3)36-23(35)29-19-11-14(8-9-27-19)16-12-33(21-7-6-20-30-28-13-34(20)31-21)32-22(16)15-4-5-17(25)18(26)10-15/h4-13H,1-3H3,(H,27,29,35).